The van der Waals surface area contributed by atoms with Crippen LogP contribution in [-0.4, -0.2) is 17.0 Å². The maximum Gasteiger partial charge on any atom is 0.274 e. The second-order valence-electron chi connectivity index (χ2n) is 4.69. The van der Waals surface area contributed by atoms with E-state index in [0.29, 0.717) is 10.7 Å². The molecule has 0 spiro atoms. The van der Waals surface area contributed by atoms with Crippen LogP contribution in [-0.2, 0) is 4.84 Å². The van der Waals surface area contributed by atoms with Crippen LogP contribution in [0.25, 0.3) is 10.2 Å². The van der Waals surface area contributed by atoms with Gasteiger partial charge >= 0.3 is 0 Å². The maximum atomic E-state index is 12.0. The predicted octanol–water partition coefficient (Wildman–Crippen LogP) is 2.48. The molecule has 19 heavy (non-hydrogen) atoms. The minimum atomic E-state index is -0.222. The van der Waals surface area contributed by atoms with Gasteiger partial charge in [-0.1, -0.05) is 24.2 Å². The Labute approximate surface area is 114 Å². The molecule has 100 valence electrons. The second-order valence-corrected chi connectivity index (χ2v) is 5.75. The number of fused-ring (bicyclic) bond motifs is 1. The minimum Gasteiger partial charge on any atom is -0.375 e. The Morgan fingerprint density at radius 1 is 1.42 bits per heavy atom. The molecule has 2 aromatic rings. The van der Waals surface area contributed by atoms with Gasteiger partial charge in [-0.2, -0.15) is 0 Å². The lowest BCUT2D eigenvalue weighted by atomic mass is 10.2. The summed E-state index contributed by atoms with van der Waals surface area (Å²) >= 11 is 1.37. The number of nitrogen functional groups attached to an aromatic ring is 1. The Bertz CT molecular complexity index is 605. The molecule has 1 fully saturated rings. The molecule has 1 aliphatic rings. The van der Waals surface area contributed by atoms with E-state index < -0.39 is 0 Å². The first-order valence-electron chi connectivity index (χ1n) is 6.34. The van der Waals surface area contributed by atoms with Crippen molar-refractivity contribution in [1.82, 2.24) is 10.5 Å². The zero-order valence-corrected chi connectivity index (χ0v) is 11.2. The molecule has 0 bridgehead atoms. The molecule has 3 rings (SSSR count). The van der Waals surface area contributed by atoms with Gasteiger partial charge in [0.2, 0.25) is 0 Å². The van der Waals surface area contributed by atoms with Crippen molar-refractivity contribution in [1.29, 1.82) is 0 Å². The number of carbonyl (C=O) groups excluding carboxylic acids is 1. The Balaban J connectivity index is 1.69. The van der Waals surface area contributed by atoms with Crippen molar-refractivity contribution in [2.75, 3.05) is 5.73 Å². The number of anilines is 1. The quantitative estimate of drug-likeness (QED) is 0.845. The van der Waals surface area contributed by atoms with Crippen LogP contribution in [0.1, 0.15) is 36.0 Å². The van der Waals surface area contributed by atoms with Crippen LogP contribution in [0.15, 0.2) is 18.2 Å². The maximum absolute atomic E-state index is 12.0. The summed E-state index contributed by atoms with van der Waals surface area (Å²) in [7, 11) is 0. The first-order chi connectivity index (χ1) is 9.22. The normalized spacial score (nSPS) is 16.0. The number of rotatable bonds is 3. The monoisotopic (exact) mass is 277 g/mol. The molecule has 6 heteroatoms. The fourth-order valence-corrected chi connectivity index (χ4v) is 3.06. The number of nitrogens with zero attached hydrogens (tertiary/aromatic N) is 1. The lowest BCUT2D eigenvalue weighted by molar-refractivity contribution is -0.0124. The van der Waals surface area contributed by atoms with Crippen molar-refractivity contribution >= 4 is 32.6 Å². The molecule has 1 amide bonds. The zero-order chi connectivity index (χ0) is 13.2. The standard InChI is InChI=1S/C13H15N3O2S/c14-13-15-10-6-5-8(7-11(10)19-13)12(17)16-18-9-3-1-2-4-9/h5-7,9H,1-4H2,(H2,14,15)(H,16,17). The summed E-state index contributed by atoms with van der Waals surface area (Å²) in [6.45, 7) is 0. The van der Waals surface area contributed by atoms with Crippen LogP contribution in [0.2, 0.25) is 0 Å². The average molecular weight is 277 g/mol. The third-order valence-electron chi connectivity index (χ3n) is 3.29. The number of hydrogen-bond acceptors (Lipinski definition) is 5. The van der Waals surface area contributed by atoms with Crippen molar-refractivity contribution in [3.8, 4) is 0 Å². The average Bonchev–Trinajstić information content (AvgIpc) is 3.02. The highest BCUT2D eigenvalue weighted by atomic mass is 32.1. The highest BCUT2D eigenvalue weighted by Crippen LogP contribution is 2.25. The number of thiazole rings is 1. The van der Waals surface area contributed by atoms with E-state index in [4.69, 9.17) is 10.6 Å². The lowest BCUT2D eigenvalue weighted by Crippen LogP contribution is -2.28. The van der Waals surface area contributed by atoms with Crippen LogP contribution in [0.3, 0.4) is 0 Å². The number of nitrogens with one attached hydrogen (secondary N) is 1. The summed E-state index contributed by atoms with van der Waals surface area (Å²) in [5, 5.41) is 0.509. The first-order valence-corrected chi connectivity index (χ1v) is 7.16. The molecule has 1 saturated carbocycles. The Morgan fingerprint density at radius 3 is 3.00 bits per heavy atom. The molecule has 1 aromatic heterocycles. The number of benzene rings is 1. The smallest absolute Gasteiger partial charge is 0.274 e. The van der Waals surface area contributed by atoms with Crippen LogP contribution >= 0.6 is 11.3 Å². The lowest BCUT2D eigenvalue weighted by Gasteiger charge is -2.11. The van der Waals surface area contributed by atoms with Crippen molar-refractivity contribution in [2.45, 2.75) is 31.8 Å². The van der Waals surface area contributed by atoms with E-state index in [9.17, 15) is 4.79 Å². The summed E-state index contributed by atoms with van der Waals surface area (Å²) in [4.78, 5) is 21.5. The molecule has 1 aliphatic carbocycles. The van der Waals surface area contributed by atoms with Gasteiger partial charge in [-0.15, -0.1) is 0 Å². The molecular weight excluding hydrogens is 262 g/mol. The molecule has 3 N–H and O–H groups in total. The highest BCUT2D eigenvalue weighted by Gasteiger charge is 2.17. The fourth-order valence-electron chi connectivity index (χ4n) is 2.29. The third kappa shape index (κ3) is 2.69. The van der Waals surface area contributed by atoms with E-state index >= 15 is 0 Å². The minimum absolute atomic E-state index is 0.159. The highest BCUT2D eigenvalue weighted by molar-refractivity contribution is 7.22. The van der Waals surface area contributed by atoms with E-state index in [1.165, 1.54) is 24.2 Å². The first kappa shape index (κ1) is 12.4. The van der Waals surface area contributed by atoms with E-state index in [-0.39, 0.29) is 12.0 Å². The van der Waals surface area contributed by atoms with Crippen LogP contribution in [0, 0.1) is 0 Å². The summed E-state index contributed by atoms with van der Waals surface area (Å²) in [6, 6.07) is 5.32. The summed E-state index contributed by atoms with van der Waals surface area (Å²) in [5.41, 5.74) is 9.55. The van der Waals surface area contributed by atoms with E-state index in [2.05, 4.69) is 10.5 Å². The van der Waals surface area contributed by atoms with Gasteiger partial charge in [0.05, 0.1) is 16.3 Å². The predicted molar refractivity (Wildman–Crippen MR) is 74.8 cm³/mol. The Morgan fingerprint density at radius 2 is 2.21 bits per heavy atom. The van der Waals surface area contributed by atoms with Crippen molar-refractivity contribution in [2.24, 2.45) is 0 Å². The van der Waals surface area contributed by atoms with Crippen LogP contribution < -0.4 is 11.2 Å². The second kappa shape index (κ2) is 5.14. The van der Waals surface area contributed by atoms with E-state index in [0.717, 1.165) is 23.1 Å². The van der Waals surface area contributed by atoms with Gasteiger partial charge in [-0.25, -0.2) is 10.5 Å². The van der Waals surface area contributed by atoms with E-state index in [1.54, 1.807) is 18.2 Å². The molecule has 1 heterocycles. The van der Waals surface area contributed by atoms with Gasteiger partial charge in [0.15, 0.2) is 5.13 Å². The molecule has 0 saturated heterocycles. The SMILES string of the molecule is Nc1nc2ccc(C(=O)NOC3CCCC3)cc2s1. The van der Waals surface area contributed by atoms with Crippen LogP contribution in [0.5, 0.6) is 0 Å². The third-order valence-corrected chi connectivity index (χ3v) is 4.13. The molecular formula is C13H15N3O2S. The number of carbonyl (C=O) groups is 1. The number of hydroxylamine groups is 1. The molecule has 0 atom stereocenters. The summed E-state index contributed by atoms with van der Waals surface area (Å²) < 4.78 is 0.908. The van der Waals surface area contributed by atoms with Gasteiger partial charge in [-0.05, 0) is 31.0 Å². The van der Waals surface area contributed by atoms with Gasteiger partial charge in [0, 0.05) is 5.56 Å². The van der Waals surface area contributed by atoms with Crippen molar-refractivity contribution in [3.05, 3.63) is 23.8 Å². The fraction of sp³-hybridized carbons (Fsp3) is 0.385. The summed E-state index contributed by atoms with van der Waals surface area (Å²) in [5.74, 6) is -0.222. The van der Waals surface area contributed by atoms with Gasteiger partial charge in [0.1, 0.15) is 0 Å². The number of nitrogens with two attached hydrogens (primary N) is 1. The topological polar surface area (TPSA) is 77.2 Å². The van der Waals surface area contributed by atoms with Crippen LogP contribution in [0.4, 0.5) is 5.13 Å². The van der Waals surface area contributed by atoms with Crippen molar-refractivity contribution in [3.63, 3.8) is 0 Å². The largest absolute Gasteiger partial charge is 0.375 e. The molecule has 0 aliphatic heterocycles. The van der Waals surface area contributed by atoms with Gasteiger partial charge in [-0.3, -0.25) is 9.63 Å². The molecule has 1 aromatic carbocycles. The Kier molecular flexibility index (Phi) is 3.35. The van der Waals surface area contributed by atoms with Gasteiger partial charge < -0.3 is 5.73 Å². The zero-order valence-electron chi connectivity index (χ0n) is 10.4. The van der Waals surface area contributed by atoms with Crippen molar-refractivity contribution < 1.29 is 9.63 Å². The number of aromatic nitrogens is 1. The van der Waals surface area contributed by atoms with E-state index in [1.807, 2.05) is 0 Å². The number of amides is 1. The number of hydrogen-bond donors (Lipinski definition) is 2. The molecule has 0 unspecified atom stereocenters. The van der Waals surface area contributed by atoms with Gasteiger partial charge in [0.25, 0.3) is 5.91 Å². The molecule has 0 radical (unpaired) electrons. The molecule has 5 nitrogen and oxygen atoms in total. The summed E-state index contributed by atoms with van der Waals surface area (Å²) in [6.07, 6.45) is 4.54. The Hall–Kier alpha value is -1.66.